The predicted molar refractivity (Wildman–Crippen MR) is 104 cm³/mol. The summed E-state index contributed by atoms with van der Waals surface area (Å²) in [4.78, 5) is 6.05. The molecular weight excluding hydrogens is 344 g/mol. The molecule has 0 aliphatic carbocycles. The first-order valence-electron chi connectivity index (χ1n) is 9.21. The van der Waals surface area contributed by atoms with Crippen molar-refractivity contribution in [3.63, 3.8) is 0 Å². The molecule has 26 heavy (non-hydrogen) atoms. The van der Waals surface area contributed by atoms with Crippen LogP contribution in [0.5, 0.6) is 5.75 Å². The number of aryl methyl sites for hydroxylation is 2. The molecule has 2 aliphatic rings. The third-order valence-electron chi connectivity index (χ3n) is 5.40. The van der Waals surface area contributed by atoms with Gasteiger partial charge in [-0.25, -0.2) is 4.98 Å². The first kappa shape index (κ1) is 16.2. The van der Waals surface area contributed by atoms with E-state index in [2.05, 4.69) is 40.7 Å². The molecular formula is C21H22N2O2S. The zero-order valence-corrected chi connectivity index (χ0v) is 15.7. The molecule has 2 aliphatic heterocycles. The fraction of sp³-hybridized carbons (Fsp3) is 0.381. The number of ether oxygens (including phenoxy) is 1. The maximum Gasteiger partial charge on any atom is 0.123 e. The average molecular weight is 366 g/mol. The number of aliphatic hydroxyl groups excluding tert-OH is 1. The summed E-state index contributed by atoms with van der Waals surface area (Å²) in [6.45, 7) is 3.30. The number of thioether (sulfide) groups is 1. The summed E-state index contributed by atoms with van der Waals surface area (Å²) in [5.74, 6) is 2.12. The third kappa shape index (κ3) is 2.79. The number of fused-ring (bicyclic) bond motifs is 3. The molecule has 0 saturated heterocycles. The molecule has 5 rings (SSSR count). The normalized spacial score (nSPS) is 19.1. The molecule has 0 spiro atoms. The van der Waals surface area contributed by atoms with Gasteiger partial charge in [0.25, 0.3) is 0 Å². The quantitative estimate of drug-likeness (QED) is 0.751. The zero-order chi connectivity index (χ0) is 17.7. The smallest absolute Gasteiger partial charge is 0.123 e. The highest BCUT2D eigenvalue weighted by Crippen LogP contribution is 2.34. The lowest BCUT2D eigenvalue weighted by molar-refractivity contribution is 0.0920. The molecule has 1 atom stereocenters. The van der Waals surface area contributed by atoms with Crippen LogP contribution in [-0.2, 0) is 19.4 Å². The van der Waals surface area contributed by atoms with E-state index in [-0.39, 0.29) is 0 Å². The van der Waals surface area contributed by atoms with Gasteiger partial charge < -0.3 is 14.4 Å². The van der Waals surface area contributed by atoms with E-state index in [9.17, 15) is 5.11 Å². The SMILES string of the molecule is Cc1cc2c(cc1Cn1cnc3cc4c(cc31)SCCC4)CC(O)CO2. The van der Waals surface area contributed by atoms with Gasteiger partial charge in [0.2, 0.25) is 0 Å². The van der Waals surface area contributed by atoms with Gasteiger partial charge in [-0.3, -0.25) is 0 Å². The minimum absolute atomic E-state index is 0.390. The fourth-order valence-electron chi connectivity index (χ4n) is 3.95. The van der Waals surface area contributed by atoms with E-state index in [0.717, 1.165) is 29.8 Å². The molecule has 134 valence electrons. The Balaban J connectivity index is 1.52. The Morgan fingerprint density at radius 3 is 3.12 bits per heavy atom. The van der Waals surface area contributed by atoms with Crippen LogP contribution in [0.3, 0.4) is 0 Å². The molecule has 1 unspecified atom stereocenters. The van der Waals surface area contributed by atoms with Gasteiger partial charge in [-0.15, -0.1) is 11.8 Å². The highest BCUT2D eigenvalue weighted by Gasteiger charge is 2.20. The summed E-state index contributed by atoms with van der Waals surface area (Å²) in [6.07, 6.45) is 4.63. The van der Waals surface area contributed by atoms with E-state index in [4.69, 9.17) is 4.74 Å². The maximum absolute atomic E-state index is 9.88. The standard InChI is InChI=1S/C21H22N2O2S/c1-13-5-20-15(7-17(24)11-25-20)6-16(13)10-23-12-22-18-8-14-3-2-4-26-21(14)9-19(18)23/h5-6,8-9,12,17,24H,2-4,7,10-11H2,1H3. The van der Waals surface area contributed by atoms with Gasteiger partial charge in [0, 0.05) is 17.9 Å². The first-order valence-corrected chi connectivity index (χ1v) is 10.2. The topological polar surface area (TPSA) is 47.3 Å². The third-order valence-corrected chi connectivity index (χ3v) is 6.58. The molecule has 3 aromatic rings. The second-order valence-corrected chi connectivity index (χ2v) is 8.47. The Bertz CT molecular complexity index is 995. The summed E-state index contributed by atoms with van der Waals surface area (Å²) >= 11 is 1.96. The molecule has 3 heterocycles. The molecule has 4 nitrogen and oxygen atoms in total. The molecule has 0 amide bonds. The largest absolute Gasteiger partial charge is 0.491 e. The van der Waals surface area contributed by atoms with Crippen LogP contribution < -0.4 is 4.74 Å². The number of hydrogen-bond acceptors (Lipinski definition) is 4. The number of aliphatic hydroxyl groups is 1. The second kappa shape index (κ2) is 6.32. The van der Waals surface area contributed by atoms with E-state index in [1.54, 1.807) is 0 Å². The Labute approximate surface area is 157 Å². The minimum atomic E-state index is -0.407. The molecule has 1 aromatic heterocycles. The fourth-order valence-corrected chi connectivity index (χ4v) is 5.00. The number of imidazole rings is 1. The molecule has 0 bridgehead atoms. The molecule has 0 saturated carbocycles. The van der Waals surface area contributed by atoms with Crippen LogP contribution in [0.1, 0.15) is 28.7 Å². The number of benzene rings is 2. The Kier molecular flexibility index (Phi) is 3.94. The average Bonchev–Trinajstić information content (AvgIpc) is 3.02. The van der Waals surface area contributed by atoms with Crippen LogP contribution in [0.15, 0.2) is 35.5 Å². The molecule has 5 heteroatoms. The van der Waals surface area contributed by atoms with Gasteiger partial charge >= 0.3 is 0 Å². The summed E-state index contributed by atoms with van der Waals surface area (Å²) in [5, 5.41) is 9.88. The van der Waals surface area contributed by atoms with Gasteiger partial charge in [-0.05, 0) is 72.0 Å². The van der Waals surface area contributed by atoms with Crippen LogP contribution >= 0.6 is 11.8 Å². The van der Waals surface area contributed by atoms with E-state index < -0.39 is 6.10 Å². The minimum Gasteiger partial charge on any atom is -0.491 e. The summed E-state index contributed by atoms with van der Waals surface area (Å²) < 4.78 is 7.90. The Morgan fingerprint density at radius 1 is 1.27 bits per heavy atom. The van der Waals surface area contributed by atoms with Crippen molar-refractivity contribution < 1.29 is 9.84 Å². The first-order chi connectivity index (χ1) is 12.7. The lowest BCUT2D eigenvalue weighted by atomic mass is 9.98. The van der Waals surface area contributed by atoms with Gasteiger partial charge in [0.1, 0.15) is 12.4 Å². The Hall–Kier alpha value is -1.98. The van der Waals surface area contributed by atoms with Crippen molar-refractivity contribution in [2.24, 2.45) is 0 Å². The molecule has 1 N–H and O–H groups in total. The van der Waals surface area contributed by atoms with E-state index in [1.807, 2.05) is 18.1 Å². The van der Waals surface area contributed by atoms with E-state index in [1.165, 1.54) is 39.3 Å². The lowest BCUT2D eigenvalue weighted by Crippen LogP contribution is -2.25. The molecule has 0 fully saturated rings. The van der Waals surface area contributed by atoms with Crippen molar-refractivity contribution in [1.82, 2.24) is 9.55 Å². The van der Waals surface area contributed by atoms with Gasteiger partial charge in [-0.1, -0.05) is 0 Å². The van der Waals surface area contributed by atoms with Gasteiger partial charge in [-0.2, -0.15) is 0 Å². The number of nitrogens with zero attached hydrogens (tertiary/aromatic N) is 2. The summed E-state index contributed by atoms with van der Waals surface area (Å²) in [5.41, 5.74) is 7.30. The van der Waals surface area contributed by atoms with Crippen molar-refractivity contribution in [2.75, 3.05) is 12.4 Å². The molecule has 0 radical (unpaired) electrons. The van der Waals surface area contributed by atoms with Gasteiger partial charge in [0.15, 0.2) is 0 Å². The van der Waals surface area contributed by atoms with Crippen molar-refractivity contribution in [3.8, 4) is 5.75 Å². The summed E-state index contributed by atoms with van der Waals surface area (Å²) in [6, 6.07) is 8.86. The van der Waals surface area contributed by atoms with E-state index >= 15 is 0 Å². The van der Waals surface area contributed by atoms with Gasteiger partial charge in [0.05, 0.1) is 23.5 Å². The number of hydrogen-bond donors (Lipinski definition) is 1. The number of rotatable bonds is 2. The molecule has 2 aromatic carbocycles. The maximum atomic E-state index is 9.88. The monoisotopic (exact) mass is 366 g/mol. The Morgan fingerprint density at radius 2 is 2.19 bits per heavy atom. The van der Waals surface area contributed by atoms with Crippen LogP contribution in [0.2, 0.25) is 0 Å². The van der Waals surface area contributed by atoms with E-state index in [0.29, 0.717) is 13.0 Å². The van der Waals surface area contributed by atoms with Crippen molar-refractivity contribution >= 4 is 22.8 Å². The van der Waals surface area contributed by atoms with Crippen molar-refractivity contribution in [1.29, 1.82) is 0 Å². The lowest BCUT2D eigenvalue weighted by Gasteiger charge is -2.23. The zero-order valence-electron chi connectivity index (χ0n) is 14.9. The second-order valence-electron chi connectivity index (χ2n) is 7.33. The summed E-state index contributed by atoms with van der Waals surface area (Å²) in [7, 11) is 0. The highest BCUT2D eigenvalue weighted by molar-refractivity contribution is 7.99. The van der Waals surface area contributed by atoms with Crippen LogP contribution in [-0.4, -0.2) is 33.1 Å². The van der Waals surface area contributed by atoms with Crippen LogP contribution in [0.25, 0.3) is 11.0 Å². The predicted octanol–water partition coefficient (Wildman–Crippen LogP) is 3.73. The van der Waals surface area contributed by atoms with Crippen molar-refractivity contribution in [2.45, 2.75) is 43.7 Å². The van der Waals surface area contributed by atoms with Crippen molar-refractivity contribution in [3.05, 3.63) is 52.8 Å². The highest BCUT2D eigenvalue weighted by atomic mass is 32.2. The van der Waals surface area contributed by atoms with Crippen LogP contribution in [0.4, 0.5) is 0 Å². The number of aromatic nitrogens is 2. The van der Waals surface area contributed by atoms with Crippen LogP contribution in [0, 0.1) is 6.92 Å².